The number of methoxy groups -OCH3 is 1. The lowest BCUT2D eigenvalue weighted by molar-refractivity contribution is -0.141. The molecule has 1 saturated heterocycles. The second-order valence-corrected chi connectivity index (χ2v) is 7.23. The number of benzene rings is 1. The molecule has 5 heteroatoms. The standard InChI is InChI=1S/C19H18N2O3/c1-24-12-4-2-11(3-5-12)10-20-21-17(22)15-13-6-7-14(16(15)18(21)23)19(13)8-9-19/h2-7,10,13-16H,8-9H2,1H3/b20-10-/t13-,14+,15-,16-/m0/s1. The van der Waals surface area contributed by atoms with Crippen molar-refractivity contribution >= 4 is 18.0 Å². The molecule has 122 valence electrons. The maximum absolute atomic E-state index is 12.8. The first-order valence-corrected chi connectivity index (χ1v) is 8.40. The highest BCUT2D eigenvalue weighted by Crippen LogP contribution is 2.73. The Hall–Kier alpha value is -2.43. The third-order valence-electron chi connectivity index (χ3n) is 6.27. The van der Waals surface area contributed by atoms with Crippen LogP contribution < -0.4 is 4.74 Å². The summed E-state index contributed by atoms with van der Waals surface area (Å²) in [5, 5.41) is 5.30. The van der Waals surface area contributed by atoms with Crippen LogP contribution in [0.3, 0.4) is 0 Å². The molecule has 0 radical (unpaired) electrons. The van der Waals surface area contributed by atoms with E-state index in [1.165, 1.54) is 0 Å². The van der Waals surface area contributed by atoms with E-state index in [4.69, 9.17) is 4.74 Å². The zero-order valence-corrected chi connectivity index (χ0v) is 13.4. The third kappa shape index (κ3) is 1.62. The molecule has 4 aliphatic rings. The van der Waals surface area contributed by atoms with Crippen molar-refractivity contribution in [2.45, 2.75) is 12.8 Å². The minimum atomic E-state index is -0.192. The van der Waals surface area contributed by atoms with E-state index in [0.29, 0.717) is 0 Å². The van der Waals surface area contributed by atoms with Gasteiger partial charge in [-0.3, -0.25) is 9.59 Å². The lowest BCUT2D eigenvalue weighted by Gasteiger charge is -2.18. The van der Waals surface area contributed by atoms with Crippen molar-refractivity contribution in [3.63, 3.8) is 0 Å². The zero-order valence-electron chi connectivity index (χ0n) is 13.4. The number of amides is 2. The van der Waals surface area contributed by atoms with E-state index in [1.54, 1.807) is 13.3 Å². The van der Waals surface area contributed by atoms with Crippen LogP contribution in [0.25, 0.3) is 0 Å². The number of imide groups is 1. The Labute approximate surface area is 140 Å². The second kappa shape index (κ2) is 4.56. The minimum Gasteiger partial charge on any atom is -0.497 e. The summed E-state index contributed by atoms with van der Waals surface area (Å²) in [6.07, 6.45) is 8.20. The number of carbonyl (C=O) groups is 2. The molecular weight excluding hydrogens is 304 g/mol. The molecule has 1 aromatic rings. The fourth-order valence-corrected chi connectivity index (χ4v) is 4.99. The van der Waals surface area contributed by atoms with E-state index in [1.807, 2.05) is 24.3 Å². The van der Waals surface area contributed by atoms with Crippen LogP contribution in [0.15, 0.2) is 41.5 Å². The fourth-order valence-electron chi connectivity index (χ4n) is 4.99. The zero-order chi connectivity index (χ0) is 16.5. The van der Waals surface area contributed by atoms with E-state index < -0.39 is 0 Å². The van der Waals surface area contributed by atoms with E-state index in [0.717, 1.165) is 29.2 Å². The summed E-state index contributed by atoms with van der Waals surface area (Å²) in [7, 11) is 1.61. The predicted molar refractivity (Wildman–Crippen MR) is 87.2 cm³/mol. The van der Waals surface area contributed by atoms with E-state index in [9.17, 15) is 9.59 Å². The van der Waals surface area contributed by atoms with Gasteiger partial charge in [-0.05, 0) is 59.9 Å². The van der Waals surface area contributed by atoms with Crippen LogP contribution in [0.1, 0.15) is 18.4 Å². The Balaban J connectivity index is 1.40. The summed E-state index contributed by atoms with van der Waals surface area (Å²) in [5.41, 5.74) is 1.06. The first-order valence-electron chi connectivity index (χ1n) is 8.40. The summed E-state index contributed by atoms with van der Waals surface area (Å²) in [6, 6.07) is 7.34. The lowest BCUT2D eigenvalue weighted by Crippen LogP contribution is -2.30. The molecule has 3 aliphatic carbocycles. The van der Waals surface area contributed by atoms with Gasteiger partial charge in [-0.2, -0.15) is 10.1 Å². The molecule has 2 amide bonds. The molecule has 0 aromatic heterocycles. The molecule has 2 bridgehead atoms. The number of fused-ring (bicyclic) bond motifs is 3. The van der Waals surface area contributed by atoms with Crippen LogP contribution in [0.4, 0.5) is 0 Å². The first kappa shape index (κ1) is 14.0. The van der Waals surface area contributed by atoms with Crippen molar-refractivity contribution < 1.29 is 14.3 Å². The fraction of sp³-hybridized carbons (Fsp3) is 0.421. The van der Waals surface area contributed by atoms with Gasteiger partial charge in [0.05, 0.1) is 25.2 Å². The molecule has 3 fully saturated rings. The van der Waals surface area contributed by atoms with Gasteiger partial charge in [0.1, 0.15) is 5.75 Å². The van der Waals surface area contributed by atoms with Crippen molar-refractivity contribution in [2.24, 2.45) is 34.2 Å². The Morgan fingerprint density at radius 1 is 1.08 bits per heavy atom. The van der Waals surface area contributed by atoms with Gasteiger partial charge < -0.3 is 4.74 Å². The molecule has 5 rings (SSSR count). The summed E-state index contributed by atoms with van der Waals surface area (Å²) < 4.78 is 5.12. The van der Waals surface area contributed by atoms with Crippen molar-refractivity contribution in [2.75, 3.05) is 7.11 Å². The van der Waals surface area contributed by atoms with Crippen molar-refractivity contribution in [3.05, 3.63) is 42.0 Å². The average molecular weight is 322 g/mol. The van der Waals surface area contributed by atoms with Crippen molar-refractivity contribution in [1.82, 2.24) is 5.01 Å². The summed E-state index contributed by atoms with van der Waals surface area (Å²) in [4.78, 5) is 25.5. The van der Waals surface area contributed by atoms with Crippen LogP contribution >= 0.6 is 0 Å². The number of rotatable bonds is 3. The maximum Gasteiger partial charge on any atom is 0.254 e. The number of hydrogen-bond donors (Lipinski definition) is 0. The minimum absolute atomic E-state index is 0.127. The smallest absolute Gasteiger partial charge is 0.254 e. The predicted octanol–water partition coefficient (Wildman–Crippen LogP) is 2.23. The van der Waals surface area contributed by atoms with Gasteiger partial charge in [0.15, 0.2) is 0 Å². The van der Waals surface area contributed by atoms with Gasteiger partial charge >= 0.3 is 0 Å². The monoisotopic (exact) mass is 322 g/mol. The topological polar surface area (TPSA) is 59.0 Å². The van der Waals surface area contributed by atoms with Gasteiger partial charge in [-0.1, -0.05) is 12.2 Å². The molecule has 4 atom stereocenters. The van der Waals surface area contributed by atoms with Gasteiger partial charge in [-0.15, -0.1) is 0 Å². The van der Waals surface area contributed by atoms with E-state index in [2.05, 4.69) is 17.3 Å². The SMILES string of the molecule is COc1ccc(/C=N\N2C(=O)[C@@H]3[C@@H](C2=O)[C@@H]2C=C[C@H]3C23CC3)cc1. The van der Waals surface area contributed by atoms with Crippen molar-refractivity contribution in [1.29, 1.82) is 0 Å². The molecule has 1 aliphatic heterocycles. The third-order valence-corrected chi connectivity index (χ3v) is 6.27. The van der Waals surface area contributed by atoms with Crippen LogP contribution in [0.2, 0.25) is 0 Å². The highest BCUT2D eigenvalue weighted by atomic mass is 16.5. The number of ether oxygens (including phenoxy) is 1. The van der Waals surface area contributed by atoms with E-state index in [-0.39, 0.29) is 40.9 Å². The van der Waals surface area contributed by atoms with Crippen LogP contribution in [0.5, 0.6) is 5.75 Å². The van der Waals surface area contributed by atoms with Gasteiger partial charge in [0, 0.05) is 0 Å². The summed E-state index contributed by atoms with van der Waals surface area (Å²) in [5.74, 6) is 0.601. The average Bonchev–Trinajstić information content (AvgIpc) is 3.21. The van der Waals surface area contributed by atoms with Gasteiger partial charge in [0.25, 0.3) is 11.8 Å². The molecular formula is C19H18N2O3. The second-order valence-electron chi connectivity index (χ2n) is 7.23. The molecule has 1 heterocycles. The number of nitrogens with zero attached hydrogens (tertiary/aromatic N) is 2. The molecule has 5 nitrogen and oxygen atoms in total. The van der Waals surface area contributed by atoms with Crippen molar-refractivity contribution in [3.8, 4) is 5.75 Å². The number of hydrazone groups is 1. The van der Waals surface area contributed by atoms with Gasteiger partial charge in [-0.25, -0.2) is 0 Å². The Bertz CT molecular complexity index is 757. The number of hydrogen-bond acceptors (Lipinski definition) is 4. The summed E-state index contributed by atoms with van der Waals surface area (Å²) >= 11 is 0. The summed E-state index contributed by atoms with van der Waals surface area (Å²) in [6.45, 7) is 0. The van der Waals surface area contributed by atoms with E-state index >= 15 is 0 Å². The number of carbonyl (C=O) groups excluding carboxylic acids is 2. The van der Waals surface area contributed by atoms with Crippen LogP contribution in [0, 0.1) is 29.1 Å². The molecule has 0 unspecified atom stereocenters. The van der Waals surface area contributed by atoms with Crippen LogP contribution in [-0.4, -0.2) is 30.1 Å². The maximum atomic E-state index is 12.8. The normalized spacial score (nSPS) is 34.6. The Morgan fingerprint density at radius 3 is 2.17 bits per heavy atom. The molecule has 2 saturated carbocycles. The largest absolute Gasteiger partial charge is 0.497 e. The quantitative estimate of drug-likeness (QED) is 0.487. The Kier molecular flexibility index (Phi) is 2.65. The molecule has 1 aromatic carbocycles. The van der Waals surface area contributed by atoms with Gasteiger partial charge in [0.2, 0.25) is 0 Å². The molecule has 1 spiro atoms. The Morgan fingerprint density at radius 2 is 1.67 bits per heavy atom. The van der Waals surface area contributed by atoms with Crippen LogP contribution in [-0.2, 0) is 9.59 Å². The molecule has 24 heavy (non-hydrogen) atoms. The number of allylic oxidation sites excluding steroid dienone is 2. The molecule has 0 N–H and O–H groups in total. The first-order chi connectivity index (χ1) is 11.7. The lowest BCUT2D eigenvalue weighted by atomic mass is 9.85. The highest BCUT2D eigenvalue weighted by Gasteiger charge is 2.73. The highest BCUT2D eigenvalue weighted by molar-refractivity contribution is 6.07.